The third-order valence-corrected chi connectivity index (χ3v) is 3.47. The van der Waals surface area contributed by atoms with Crippen molar-refractivity contribution in [3.05, 3.63) is 53.1 Å². The molecule has 0 radical (unpaired) electrons. The molecule has 21 heavy (non-hydrogen) atoms. The number of fused-ring (bicyclic) bond motifs is 1. The SMILES string of the molecule is Cc1cccc(NCc2ccc3c(c2)OCCO3)c1C#N. The number of rotatable bonds is 3. The third kappa shape index (κ3) is 2.77. The molecule has 1 aliphatic rings. The second kappa shape index (κ2) is 5.76. The summed E-state index contributed by atoms with van der Waals surface area (Å²) in [5.74, 6) is 1.57. The van der Waals surface area contributed by atoms with Gasteiger partial charge in [-0.1, -0.05) is 18.2 Å². The van der Waals surface area contributed by atoms with Crippen LogP contribution in [0.15, 0.2) is 36.4 Å². The molecule has 0 amide bonds. The Bertz CT molecular complexity index is 704. The summed E-state index contributed by atoms with van der Waals surface area (Å²) < 4.78 is 11.1. The summed E-state index contributed by atoms with van der Waals surface area (Å²) in [6.07, 6.45) is 0. The van der Waals surface area contributed by atoms with Crippen LogP contribution in [0.3, 0.4) is 0 Å². The summed E-state index contributed by atoms with van der Waals surface area (Å²) in [4.78, 5) is 0. The molecular weight excluding hydrogens is 264 g/mol. The van der Waals surface area contributed by atoms with E-state index in [1.807, 2.05) is 43.3 Å². The van der Waals surface area contributed by atoms with Crippen molar-refractivity contribution in [2.45, 2.75) is 13.5 Å². The molecule has 0 bridgehead atoms. The molecule has 0 spiro atoms. The van der Waals surface area contributed by atoms with E-state index in [2.05, 4.69) is 11.4 Å². The van der Waals surface area contributed by atoms with Crippen molar-refractivity contribution in [3.8, 4) is 17.6 Å². The molecule has 0 saturated carbocycles. The normalized spacial score (nSPS) is 12.6. The number of benzene rings is 2. The lowest BCUT2D eigenvalue weighted by Crippen LogP contribution is -2.15. The summed E-state index contributed by atoms with van der Waals surface area (Å²) >= 11 is 0. The molecule has 1 aliphatic heterocycles. The van der Waals surface area contributed by atoms with E-state index in [1.165, 1.54) is 0 Å². The molecule has 1 heterocycles. The van der Waals surface area contributed by atoms with Crippen molar-refractivity contribution in [1.29, 1.82) is 5.26 Å². The van der Waals surface area contributed by atoms with Crippen molar-refractivity contribution >= 4 is 5.69 Å². The molecule has 2 aromatic rings. The molecule has 0 saturated heterocycles. The van der Waals surface area contributed by atoms with E-state index < -0.39 is 0 Å². The molecule has 106 valence electrons. The molecule has 1 N–H and O–H groups in total. The highest BCUT2D eigenvalue weighted by atomic mass is 16.6. The minimum Gasteiger partial charge on any atom is -0.486 e. The van der Waals surface area contributed by atoms with Gasteiger partial charge in [0.1, 0.15) is 19.3 Å². The van der Waals surface area contributed by atoms with Crippen LogP contribution in [0.4, 0.5) is 5.69 Å². The Kier molecular flexibility index (Phi) is 3.65. The molecule has 0 fully saturated rings. The fraction of sp³-hybridized carbons (Fsp3) is 0.235. The van der Waals surface area contributed by atoms with Crippen LogP contribution in [-0.2, 0) is 6.54 Å². The highest BCUT2D eigenvalue weighted by molar-refractivity contribution is 5.60. The average Bonchev–Trinajstić information content (AvgIpc) is 2.52. The maximum Gasteiger partial charge on any atom is 0.161 e. The Balaban J connectivity index is 1.77. The first kappa shape index (κ1) is 13.3. The number of ether oxygens (including phenoxy) is 2. The van der Waals surface area contributed by atoms with Crippen LogP contribution in [-0.4, -0.2) is 13.2 Å². The van der Waals surface area contributed by atoms with Gasteiger partial charge < -0.3 is 14.8 Å². The smallest absolute Gasteiger partial charge is 0.161 e. The molecule has 0 unspecified atom stereocenters. The third-order valence-electron chi connectivity index (χ3n) is 3.47. The summed E-state index contributed by atoms with van der Waals surface area (Å²) in [5, 5.41) is 12.5. The predicted molar refractivity (Wildman–Crippen MR) is 80.7 cm³/mol. The molecule has 4 heteroatoms. The lowest BCUT2D eigenvalue weighted by atomic mass is 10.1. The summed E-state index contributed by atoms with van der Waals surface area (Å²) in [5.41, 5.74) is 3.61. The van der Waals surface area contributed by atoms with Crippen LogP contribution in [0.2, 0.25) is 0 Å². The van der Waals surface area contributed by atoms with E-state index in [0.717, 1.165) is 28.3 Å². The lowest BCUT2D eigenvalue weighted by Gasteiger charge is -2.19. The fourth-order valence-corrected chi connectivity index (χ4v) is 2.36. The van der Waals surface area contributed by atoms with E-state index in [9.17, 15) is 5.26 Å². The summed E-state index contributed by atoms with van der Waals surface area (Å²) in [6.45, 7) is 3.75. The van der Waals surface area contributed by atoms with Gasteiger partial charge in [0.15, 0.2) is 11.5 Å². The van der Waals surface area contributed by atoms with Gasteiger partial charge in [0.25, 0.3) is 0 Å². The minimum atomic E-state index is 0.584. The van der Waals surface area contributed by atoms with Gasteiger partial charge in [-0.25, -0.2) is 0 Å². The van der Waals surface area contributed by atoms with Crippen molar-refractivity contribution in [3.63, 3.8) is 0 Å². The van der Waals surface area contributed by atoms with E-state index in [-0.39, 0.29) is 0 Å². The molecule has 0 aromatic heterocycles. The van der Waals surface area contributed by atoms with Gasteiger partial charge in [0.2, 0.25) is 0 Å². The Morgan fingerprint density at radius 1 is 1.14 bits per heavy atom. The number of aryl methyl sites for hydroxylation is 1. The lowest BCUT2D eigenvalue weighted by molar-refractivity contribution is 0.171. The largest absolute Gasteiger partial charge is 0.486 e. The zero-order valence-corrected chi connectivity index (χ0v) is 11.8. The number of hydrogen-bond donors (Lipinski definition) is 1. The van der Waals surface area contributed by atoms with E-state index >= 15 is 0 Å². The van der Waals surface area contributed by atoms with E-state index in [0.29, 0.717) is 25.3 Å². The topological polar surface area (TPSA) is 54.3 Å². The van der Waals surface area contributed by atoms with Gasteiger partial charge in [-0.05, 0) is 36.2 Å². The zero-order valence-electron chi connectivity index (χ0n) is 11.8. The number of hydrogen-bond acceptors (Lipinski definition) is 4. The Labute approximate surface area is 123 Å². The monoisotopic (exact) mass is 280 g/mol. The number of nitrogens with one attached hydrogen (secondary N) is 1. The van der Waals surface area contributed by atoms with Gasteiger partial charge in [-0.15, -0.1) is 0 Å². The maximum absolute atomic E-state index is 9.23. The van der Waals surface area contributed by atoms with Crippen LogP contribution in [0.1, 0.15) is 16.7 Å². The quantitative estimate of drug-likeness (QED) is 0.937. The van der Waals surface area contributed by atoms with Gasteiger partial charge in [0.05, 0.1) is 11.3 Å². The zero-order chi connectivity index (χ0) is 14.7. The van der Waals surface area contributed by atoms with Gasteiger partial charge in [-0.2, -0.15) is 5.26 Å². The fourth-order valence-electron chi connectivity index (χ4n) is 2.36. The van der Waals surface area contributed by atoms with Crippen molar-refractivity contribution < 1.29 is 9.47 Å². The molecule has 0 atom stereocenters. The van der Waals surface area contributed by atoms with E-state index in [4.69, 9.17) is 9.47 Å². The van der Waals surface area contributed by atoms with Crippen molar-refractivity contribution in [2.24, 2.45) is 0 Å². The highest BCUT2D eigenvalue weighted by Gasteiger charge is 2.12. The molecule has 2 aromatic carbocycles. The predicted octanol–water partition coefficient (Wildman–Crippen LogP) is 3.25. The van der Waals surface area contributed by atoms with Gasteiger partial charge in [0, 0.05) is 6.54 Å². The molecule has 3 rings (SSSR count). The van der Waals surface area contributed by atoms with Crippen LogP contribution in [0, 0.1) is 18.3 Å². The van der Waals surface area contributed by atoms with Crippen LogP contribution < -0.4 is 14.8 Å². The number of nitriles is 1. The van der Waals surface area contributed by atoms with Gasteiger partial charge >= 0.3 is 0 Å². The van der Waals surface area contributed by atoms with Crippen molar-refractivity contribution in [2.75, 3.05) is 18.5 Å². The second-order valence-corrected chi connectivity index (χ2v) is 4.94. The van der Waals surface area contributed by atoms with Crippen LogP contribution in [0.25, 0.3) is 0 Å². The Morgan fingerprint density at radius 3 is 2.76 bits per heavy atom. The Hall–Kier alpha value is -2.67. The number of anilines is 1. The first-order valence-corrected chi connectivity index (χ1v) is 6.90. The van der Waals surface area contributed by atoms with Crippen LogP contribution in [0.5, 0.6) is 11.5 Å². The average molecular weight is 280 g/mol. The first-order valence-electron chi connectivity index (χ1n) is 6.90. The Morgan fingerprint density at radius 2 is 1.95 bits per heavy atom. The molecular formula is C17H16N2O2. The molecule has 0 aliphatic carbocycles. The first-order chi connectivity index (χ1) is 10.3. The standard InChI is InChI=1S/C17H16N2O2/c1-12-3-2-4-15(14(12)10-18)19-11-13-5-6-16-17(9-13)21-8-7-20-16/h2-6,9,19H,7-8,11H2,1H3. The summed E-state index contributed by atoms with van der Waals surface area (Å²) in [6, 6.07) is 13.9. The van der Waals surface area contributed by atoms with E-state index in [1.54, 1.807) is 0 Å². The summed E-state index contributed by atoms with van der Waals surface area (Å²) in [7, 11) is 0. The van der Waals surface area contributed by atoms with Gasteiger partial charge in [-0.3, -0.25) is 0 Å². The second-order valence-electron chi connectivity index (χ2n) is 4.94. The van der Waals surface area contributed by atoms with Crippen LogP contribution >= 0.6 is 0 Å². The maximum atomic E-state index is 9.23. The molecule has 4 nitrogen and oxygen atoms in total. The number of nitrogens with zero attached hydrogens (tertiary/aromatic N) is 1. The minimum absolute atomic E-state index is 0.584. The highest BCUT2D eigenvalue weighted by Crippen LogP contribution is 2.31. The van der Waals surface area contributed by atoms with Crippen molar-refractivity contribution in [1.82, 2.24) is 0 Å².